The Labute approximate surface area is 116 Å². The minimum absolute atomic E-state index is 0. The highest BCUT2D eigenvalue weighted by Gasteiger charge is 2.30. The van der Waals surface area contributed by atoms with Crippen LogP contribution in [0.2, 0.25) is 0 Å². The number of hydrogen-bond donors (Lipinski definition) is 2. The molecular formula is C10H14ClN3O4S. The molecule has 1 aliphatic carbocycles. The van der Waals surface area contributed by atoms with Crippen molar-refractivity contribution in [1.82, 2.24) is 4.72 Å². The molecule has 0 bridgehead atoms. The maximum Gasteiger partial charge on any atom is 0.270 e. The Morgan fingerprint density at radius 3 is 2.53 bits per heavy atom. The molecule has 0 heterocycles. The minimum atomic E-state index is -3.71. The van der Waals surface area contributed by atoms with Crippen LogP contribution in [0, 0.1) is 10.1 Å². The van der Waals surface area contributed by atoms with Gasteiger partial charge in [0.15, 0.2) is 0 Å². The summed E-state index contributed by atoms with van der Waals surface area (Å²) in [5.74, 6) is 0. The SMILES string of the molecule is Cl.NC1CC(NS(=O)(=O)c2cccc([N+](=O)[O-])c2)C1. The van der Waals surface area contributed by atoms with Crippen LogP contribution in [0.3, 0.4) is 0 Å². The van der Waals surface area contributed by atoms with Crippen LogP contribution >= 0.6 is 12.4 Å². The molecule has 0 atom stereocenters. The standard InChI is InChI=1S/C10H13N3O4S.ClH/c11-7-4-8(5-7)12-18(16,17)10-3-1-2-9(6-10)13(14)15;/h1-3,6-8,12H,4-5,11H2;1H. The number of nitro groups is 1. The van der Waals surface area contributed by atoms with Crippen LogP contribution < -0.4 is 10.5 Å². The Morgan fingerprint density at radius 2 is 2.00 bits per heavy atom. The van der Waals surface area contributed by atoms with Crippen LogP contribution in [0.25, 0.3) is 0 Å². The van der Waals surface area contributed by atoms with Crippen molar-refractivity contribution < 1.29 is 13.3 Å². The van der Waals surface area contributed by atoms with E-state index >= 15 is 0 Å². The molecule has 19 heavy (non-hydrogen) atoms. The van der Waals surface area contributed by atoms with E-state index in [0.717, 1.165) is 6.07 Å². The Morgan fingerprint density at radius 1 is 1.37 bits per heavy atom. The average molecular weight is 308 g/mol. The summed E-state index contributed by atoms with van der Waals surface area (Å²) in [6, 6.07) is 4.82. The molecule has 3 N–H and O–H groups in total. The van der Waals surface area contributed by atoms with Crippen molar-refractivity contribution in [3.63, 3.8) is 0 Å². The van der Waals surface area contributed by atoms with E-state index in [9.17, 15) is 18.5 Å². The molecule has 0 aromatic heterocycles. The number of nitrogens with one attached hydrogen (secondary N) is 1. The van der Waals surface area contributed by atoms with E-state index in [1.165, 1.54) is 18.2 Å². The van der Waals surface area contributed by atoms with Gasteiger partial charge in [0.25, 0.3) is 5.69 Å². The van der Waals surface area contributed by atoms with Crippen molar-refractivity contribution in [3.8, 4) is 0 Å². The largest absolute Gasteiger partial charge is 0.328 e. The molecule has 1 saturated carbocycles. The number of halogens is 1. The molecule has 0 aliphatic heterocycles. The zero-order valence-electron chi connectivity index (χ0n) is 9.85. The predicted octanol–water partition coefficient (Wildman–Crippen LogP) is 0.785. The fraction of sp³-hybridized carbons (Fsp3) is 0.400. The highest BCUT2D eigenvalue weighted by Crippen LogP contribution is 2.22. The second kappa shape index (κ2) is 5.83. The van der Waals surface area contributed by atoms with E-state index in [-0.39, 0.29) is 35.1 Å². The summed E-state index contributed by atoms with van der Waals surface area (Å²) < 4.78 is 26.4. The normalized spacial score (nSPS) is 22.2. The molecule has 1 fully saturated rings. The number of benzene rings is 1. The first-order chi connectivity index (χ1) is 8.38. The number of nitrogens with two attached hydrogens (primary N) is 1. The van der Waals surface area contributed by atoms with Gasteiger partial charge in [-0.15, -0.1) is 12.4 Å². The van der Waals surface area contributed by atoms with Gasteiger partial charge in [0.2, 0.25) is 10.0 Å². The Hall–Kier alpha value is -1.22. The molecule has 1 aliphatic rings. The lowest BCUT2D eigenvalue weighted by Crippen LogP contribution is -2.50. The first-order valence-electron chi connectivity index (χ1n) is 5.41. The van der Waals surface area contributed by atoms with Crippen molar-refractivity contribution in [1.29, 1.82) is 0 Å². The van der Waals surface area contributed by atoms with Gasteiger partial charge in [-0.3, -0.25) is 10.1 Å². The van der Waals surface area contributed by atoms with E-state index in [1.807, 2.05) is 0 Å². The lowest BCUT2D eigenvalue weighted by molar-refractivity contribution is -0.385. The number of nitro benzene ring substituents is 1. The monoisotopic (exact) mass is 307 g/mol. The van der Waals surface area contributed by atoms with Crippen molar-refractivity contribution in [3.05, 3.63) is 34.4 Å². The first kappa shape index (κ1) is 15.8. The van der Waals surface area contributed by atoms with Gasteiger partial charge < -0.3 is 5.73 Å². The predicted molar refractivity (Wildman–Crippen MR) is 71.7 cm³/mol. The van der Waals surface area contributed by atoms with Crippen molar-refractivity contribution in [2.24, 2.45) is 5.73 Å². The molecule has 2 rings (SSSR count). The second-order valence-corrected chi connectivity index (χ2v) is 6.02. The minimum Gasteiger partial charge on any atom is -0.328 e. The molecule has 0 unspecified atom stereocenters. The van der Waals surface area contributed by atoms with E-state index < -0.39 is 14.9 Å². The Balaban J connectivity index is 0.00000180. The van der Waals surface area contributed by atoms with Gasteiger partial charge in [0, 0.05) is 24.2 Å². The fourth-order valence-corrected chi connectivity index (χ4v) is 3.11. The maximum absolute atomic E-state index is 11.9. The highest BCUT2D eigenvalue weighted by molar-refractivity contribution is 7.89. The van der Waals surface area contributed by atoms with E-state index in [2.05, 4.69) is 4.72 Å². The van der Waals surface area contributed by atoms with Crippen LogP contribution in [0.1, 0.15) is 12.8 Å². The molecular weight excluding hydrogens is 294 g/mol. The Kier molecular flexibility index (Phi) is 4.86. The van der Waals surface area contributed by atoms with Crippen molar-refractivity contribution in [2.45, 2.75) is 29.8 Å². The van der Waals surface area contributed by atoms with E-state index in [0.29, 0.717) is 12.8 Å². The van der Waals surface area contributed by atoms with Gasteiger partial charge in [0.1, 0.15) is 0 Å². The number of hydrogen-bond acceptors (Lipinski definition) is 5. The third-order valence-corrected chi connectivity index (χ3v) is 4.35. The van der Waals surface area contributed by atoms with Crippen LogP contribution in [0.5, 0.6) is 0 Å². The lowest BCUT2D eigenvalue weighted by atomic mass is 9.89. The smallest absolute Gasteiger partial charge is 0.270 e. The van der Waals surface area contributed by atoms with Gasteiger partial charge in [-0.05, 0) is 18.9 Å². The number of nitrogens with zero attached hydrogens (tertiary/aromatic N) is 1. The molecule has 0 amide bonds. The molecule has 1 aromatic carbocycles. The summed E-state index contributed by atoms with van der Waals surface area (Å²) in [7, 11) is -3.71. The molecule has 9 heteroatoms. The summed E-state index contributed by atoms with van der Waals surface area (Å²) >= 11 is 0. The highest BCUT2D eigenvalue weighted by atomic mass is 35.5. The number of sulfonamides is 1. The third-order valence-electron chi connectivity index (χ3n) is 2.84. The summed E-state index contributed by atoms with van der Waals surface area (Å²) in [6.07, 6.45) is 1.18. The molecule has 0 radical (unpaired) electrons. The molecule has 106 valence electrons. The van der Waals surface area contributed by atoms with Crippen LogP contribution in [-0.2, 0) is 10.0 Å². The van der Waals surface area contributed by atoms with Crippen LogP contribution in [0.15, 0.2) is 29.2 Å². The molecule has 0 spiro atoms. The summed E-state index contributed by atoms with van der Waals surface area (Å²) in [5.41, 5.74) is 5.32. The fourth-order valence-electron chi connectivity index (χ4n) is 1.81. The first-order valence-corrected chi connectivity index (χ1v) is 6.89. The van der Waals surface area contributed by atoms with Gasteiger partial charge in [-0.25, -0.2) is 13.1 Å². The third kappa shape index (κ3) is 3.63. The number of non-ortho nitro benzene ring substituents is 1. The van der Waals surface area contributed by atoms with Gasteiger partial charge in [0.05, 0.1) is 9.82 Å². The summed E-state index contributed by atoms with van der Waals surface area (Å²) in [4.78, 5) is 9.86. The molecule has 1 aromatic rings. The zero-order valence-corrected chi connectivity index (χ0v) is 11.5. The number of rotatable bonds is 4. The van der Waals surface area contributed by atoms with Crippen LogP contribution in [0.4, 0.5) is 5.69 Å². The molecule has 7 nitrogen and oxygen atoms in total. The van der Waals surface area contributed by atoms with Gasteiger partial charge in [-0.2, -0.15) is 0 Å². The van der Waals surface area contributed by atoms with Gasteiger partial charge >= 0.3 is 0 Å². The van der Waals surface area contributed by atoms with Gasteiger partial charge in [-0.1, -0.05) is 6.07 Å². The summed E-state index contributed by atoms with van der Waals surface area (Å²) in [5, 5.41) is 10.6. The topological polar surface area (TPSA) is 115 Å². The van der Waals surface area contributed by atoms with Crippen molar-refractivity contribution >= 4 is 28.1 Å². The van der Waals surface area contributed by atoms with E-state index in [4.69, 9.17) is 5.73 Å². The molecule has 0 saturated heterocycles. The second-order valence-electron chi connectivity index (χ2n) is 4.30. The lowest BCUT2D eigenvalue weighted by Gasteiger charge is -2.32. The summed E-state index contributed by atoms with van der Waals surface area (Å²) in [6.45, 7) is 0. The van der Waals surface area contributed by atoms with E-state index in [1.54, 1.807) is 0 Å². The van der Waals surface area contributed by atoms with Crippen molar-refractivity contribution in [2.75, 3.05) is 0 Å². The quantitative estimate of drug-likeness (QED) is 0.630. The average Bonchev–Trinajstić information content (AvgIpc) is 2.27. The maximum atomic E-state index is 11.9. The Bertz CT molecular complexity index is 572. The van der Waals surface area contributed by atoms with Crippen LogP contribution in [-0.4, -0.2) is 25.4 Å². The zero-order chi connectivity index (χ0) is 13.3.